The molecular formula is C15H19BrN2O4. The van der Waals surface area contributed by atoms with Gasteiger partial charge in [-0.15, -0.1) is 0 Å². The van der Waals surface area contributed by atoms with Crippen molar-refractivity contribution in [3.05, 3.63) is 28.2 Å². The van der Waals surface area contributed by atoms with Gasteiger partial charge < -0.3 is 14.8 Å². The van der Waals surface area contributed by atoms with Crippen molar-refractivity contribution in [2.24, 2.45) is 0 Å². The quantitative estimate of drug-likeness (QED) is 0.791. The molecule has 1 aromatic rings. The number of hydrogen-bond acceptors (Lipinski definition) is 5. The van der Waals surface area contributed by atoms with Gasteiger partial charge in [0.25, 0.3) is 0 Å². The van der Waals surface area contributed by atoms with Crippen LogP contribution in [-0.2, 0) is 20.9 Å². The highest BCUT2D eigenvalue weighted by Crippen LogP contribution is 2.26. The molecule has 1 aliphatic heterocycles. The van der Waals surface area contributed by atoms with E-state index in [9.17, 15) is 9.59 Å². The van der Waals surface area contributed by atoms with Crippen LogP contribution in [0.4, 0.5) is 0 Å². The zero-order valence-electron chi connectivity index (χ0n) is 12.6. The molecule has 1 N–H and O–H groups in total. The largest absolute Gasteiger partial charge is 0.496 e. The number of amides is 1. The standard InChI is InChI=1S/C15H19BrN2O4/c1-21-13-4-3-11(16)7-10(13)9-18-6-5-17-15(20)12(18)8-14(19)22-2/h3-4,7,12H,5-6,8-9H2,1-2H3,(H,17,20). The van der Waals surface area contributed by atoms with Crippen molar-refractivity contribution < 1.29 is 19.1 Å². The molecule has 7 heteroatoms. The Labute approximate surface area is 137 Å². The third-order valence-corrected chi connectivity index (χ3v) is 4.14. The fraction of sp³-hybridized carbons (Fsp3) is 0.467. The second-order valence-corrected chi connectivity index (χ2v) is 5.93. The summed E-state index contributed by atoms with van der Waals surface area (Å²) in [5.41, 5.74) is 0.960. The summed E-state index contributed by atoms with van der Waals surface area (Å²) in [6.07, 6.45) is 0.0403. The molecule has 0 aromatic heterocycles. The maximum Gasteiger partial charge on any atom is 0.307 e. The molecule has 1 fully saturated rings. The van der Waals surface area contributed by atoms with Crippen LogP contribution in [0.3, 0.4) is 0 Å². The topological polar surface area (TPSA) is 67.9 Å². The van der Waals surface area contributed by atoms with Gasteiger partial charge in [0.15, 0.2) is 0 Å². The smallest absolute Gasteiger partial charge is 0.307 e. The second-order valence-electron chi connectivity index (χ2n) is 5.01. The molecule has 1 atom stereocenters. The molecule has 22 heavy (non-hydrogen) atoms. The Morgan fingerprint density at radius 3 is 2.91 bits per heavy atom. The van der Waals surface area contributed by atoms with Crippen LogP contribution >= 0.6 is 15.9 Å². The van der Waals surface area contributed by atoms with E-state index in [-0.39, 0.29) is 12.3 Å². The van der Waals surface area contributed by atoms with Gasteiger partial charge in [-0.2, -0.15) is 0 Å². The third kappa shape index (κ3) is 3.98. The number of nitrogens with one attached hydrogen (secondary N) is 1. The van der Waals surface area contributed by atoms with E-state index in [0.29, 0.717) is 19.6 Å². The lowest BCUT2D eigenvalue weighted by Crippen LogP contribution is -2.55. The lowest BCUT2D eigenvalue weighted by atomic mass is 10.1. The molecule has 1 saturated heterocycles. The normalized spacial score (nSPS) is 18.7. The van der Waals surface area contributed by atoms with Crippen molar-refractivity contribution >= 4 is 27.8 Å². The molecule has 120 valence electrons. The average molecular weight is 371 g/mol. The van der Waals surface area contributed by atoms with Crippen molar-refractivity contribution in [1.82, 2.24) is 10.2 Å². The Hall–Kier alpha value is -1.60. The fourth-order valence-electron chi connectivity index (χ4n) is 2.50. The Kier molecular flexibility index (Phi) is 5.79. The van der Waals surface area contributed by atoms with Crippen LogP contribution in [0.15, 0.2) is 22.7 Å². The first kappa shape index (κ1) is 16.8. The number of esters is 1. The number of halogens is 1. The molecule has 0 spiro atoms. The molecule has 1 aromatic carbocycles. The Morgan fingerprint density at radius 2 is 2.23 bits per heavy atom. The van der Waals surface area contributed by atoms with Crippen molar-refractivity contribution in [1.29, 1.82) is 0 Å². The molecule has 1 unspecified atom stereocenters. The summed E-state index contributed by atoms with van der Waals surface area (Å²) in [6.45, 7) is 1.76. The van der Waals surface area contributed by atoms with Gasteiger partial charge in [0.05, 0.1) is 20.6 Å². The SMILES string of the molecule is COC(=O)CC1C(=O)NCCN1Cc1cc(Br)ccc1OC. The minimum Gasteiger partial charge on any atom is -0.496 e. The van der Waals surface area contributed by atoms with Crippen LogP contribution in [0, 0.1) is 0 Å². The summed E-state index contributed by atoms with van der Waals surface area (Å²) in [6, 6.07) is 5.21. The Balaban J connectivity index is 2.19. The van der Waals surface area contributed by atoms with Crippen LogP contribution in [-0.4, -0.2) is 50.1 Å². The van der Waals surface area contributed by atoms with Crippen LogP contribution < -0.4 is 10.1 Å². The molecule has 1 heterocycles. The lowest BCUT2D eigenvalue weighted by molar-refractivity contribution is -0.146. The van der Waals surface area contributed by atoms with Crippen molar-refractivity contribution in [3.63, 3.8) is 0 Å². The first-order valence-corrected chi connectivity index (χ1v) is 7.75. The van der Waals surface area contributed by atoms with Gasteiger partial charge in [-0.25, -0.2) is 0 Å². The zero-order valence-corrected chi connectivity index (χ0v) is 14.2. The van der Waals surface area contributed by atoms with E-state index in [0.717, 1.165) is 15.8 Å². The molecule has 0 saturated carbocycles. The molecule has 2 rings (SSSR count). The summed E-state index contributed by atoms with van der Waals surface area (Å²) in [4.78, 5) is 25.6. The van der Waals surface area contributed by atoms with Crippen molar-refractivity contribution in [2.45, 2.75) is 19.0 Å². The van der Waals surface area contributed by atoms with Crippen molar-refractivity contribution in [2.75, 3.05) is 27.3 Å². The van der Waals surface area contributed by atoms with E-state index in [4.69, 9.17) is 4.74 Å². The highest BCUT2D eigenvalue weighted by Gasteiger charge is 2.32. The molecule has 1 amide bonds. The van der Waals surface area contributed by atoms with Gasteiger partial charge in [0.2, 0.25) is 5.91 Å². The number of hydrogen-bond donors (Lipinski definition) is 1. The number of piperazine rings is 1. The summed E-state index contributed by atoms with van der Waals surface area (Å²) >= 11 is 3.44. The monoisotopic (exact) mass is 370 g/mol. The van der Waals surface area contributed by atoms with Gasteiger partial charge in [-0.05, 0) is 18.2 Å². The molecule has 6 nitrogen and oxygen atoms in total. The summed E-state index contributed by atoms with van der Waals surface area (Å²) in [7, 11) is 2.94. The molecule has 0 aliphatic carbocycles. The maximum atomic E-state index is 12.1. The number of methoxy groups -OCH3 is 2. The minimum absolute atomic E-state index is 0.0403. The van der Waals surface area contributed by atoms with Gasteiger partial charge in [-0.1, -0.05) is 15.9 Å². The van der Waals surface area contributed by atoms with Gasteiger partial charge in [0.1, 0.15) is 11.8 Å². The summed E-state index contributed by atoms with van der Waals surface area (Å²) < 4.78 is 11.0. The van der Waals surface area contributed by atoms with Crippen molar-refractivity contribution in [3.8, 4) is 5.75 Å². The van der Waals surface area contributed by atoms with E-state index in [1.165, 1.54) is 7.11 Å². The maximum absolute atomic E-state index is 12.1. The van der Waals surface area contributed by atoms with Crippen LogP contribution in [0.1, 0.15) is 12.0 Å². The van der Waals surface area contributed by atoms with E-state index >= 15 is 0 Å². The summed E-state index contributed by atoms with van der Waals surface area (Å²) in [5, 5.41) is 2.79. The van der Waals surface area contributed by atoms with E-state index < -0.39 is 12.0 Å². The fourth-order valence-corrected chi connectivity index (χ4v) is 2.91. The highest BCUT2D eigenvalue weighted by molar-refractivity contribution is 9.10. The van der Waals surface area contributed by atoms with Crippen LogP contribution in [0.2, 0.25) is 0 Å². The Bertz CT molecular complexity index is 564. The van der Waals surface area contributed by atoms with E-state index in [1.54, 1.807) is 7.11 Å². The number of rotatable bonds is 5. The van der Waals surface area contributed by atoms with Crippen LogP contribution in [0.25, 0.3) is 0 Å². The lowest BCUT2D eigenvalue weighted by Gasteiger charge is -2.34. The molecular weight excluding hydrogens is 352 g/mol. The predicted molar refractivity (Wildman–Crippen MR) is 84.5 cm³/mol. The third-order valence-electron chi connectivity index (χ3n) is 3.65. The minimum atomic E-state index is -0.523. The molecule has 0 bridgehead atoms. The summed E-state index contributed by atoms with van der Waals surface area (Å²) in [5.74, 6) is 0.213. The number of carbonyl (C=O) groups is 2. The first-order valence-electron chi connectivity index (χ1n) is 6.96. The van der Waals surface area contributed by atoms with Gasteiger partial charge >= 0.3 is 5.97 Å². The van der Waals surface area contributed by atoms with Gasteiger partial charge in [-0.3, -0.25) is 14.5 Å². The Morgan fingerprint density at radius 1 is 1.45 bits per heavy atom. The van der Waals surface area contributed by atoms with Gasteiger partial charge in [0, 0.05) is 29.7 Å². The predicted octanol–water partition coefficient (Wildman–Crippen LogP) is 1.32. The van der Waals surface area contributed by atoms with Crippen LogP contribution in [0.5, 0.6) is 5.75 Å². The van der Waals surface area contributed by atoms with E-state index in [1.807, 2.05) is 23.1 Å². The number of benzene rings is 1. The number of nitrogens with zero attached hydrogens (tertiary/aromatic N) is 1. The van der Waals surface area contributed by atoms with E-state index in [2.05, 4.69) is 26.0 Å². The average Bonchev–Trinajstić information content (AvgIpc) is 2.50. The number of ether oxygens (including phenoxy) is 2. The molecule has 1 aliphatic rings. The number of carbonyl (C=O) groups excluding carboxylic acids is 2. The second kappa shape index (κ2) is 7.60. The first-order chi connectivity index (χ1) is 10.5. The highest BCUT2D eigenvalue weighted by atomic mass is 79.9. The molecule has 0 radical (unpaired) electrons. The zero-order chi connectivity index (χ0) is 16.1.